The number of nitrogens with zero attached hydrogens (tertiary/aromatic N) is 3. The lowest BCUT2D eigenvalue weighted by atomic mass is 10.1. The summed E-state index contributed by atoms with van der Waals surface area (Å²) in [6.45, 7) is 3.31. The minimum absolute atomic E-state index is 0.0500. The number of anilines is 2. The van der Waals surface area contributed by atoms with Gasteiger partial charge in [0.05, 0.1) is 5.92 Å². The first-order valence-electron chi connectivity index (χ1n) is 9.97. The fraction of sp³-hybridized carbons (Fsp3) is 0.364. The Morgan fingerprint density at radius 1 is 1.28 bits per heavy atom. The maximum absolute atomic E-state index is 12.6. The first kappa shape index (κ1) is 19.1. The monoisotopic (exact) mass is 392 g/mol. The van der Waals surface area contributed by atoms with Gasteiger partial charge in [-0.2, -0.15) is 0 Å². The summed E-state index contributed by atoms with van der Waals surface area (Å²) in [5.41, 5.74) is 3.72. The van der Waals surface area contributed by atoms with E-state index in [1.165, 1.54) is 0 Å². The van der Waals surface area contributed by atoms with Crippen molar-refractivity contribution in [3.05, 3.63) is 53.9 Å². The summed E-state index contributed by atoms with van der Waals surface area (Å²) in [7, 11) is 0. The molecule has 3 amide bonds. The summed E-state index contributed by atoms with van der Waals surface area (Å²) in [4.78, 5) is 44.7. The van der Waals surface area contributed by atoms with Gasteiger partial charge in [0.25, 0.3) is 0 Å². The van der Waals surface area contributed by atoms with E-state index in [4.69, 9.17) is 0 Å². The molecule has 4 rings (SSSR count). The molecule has 1 N–H and O–H groups in total. The number of hydrogen-bond donors (Lipinski definition) is 1. The third-order valence-corrected chi connectivity index (χ3v) is 5.56. The van der Waals surface area contributed by atoms with Gasteiger partial charge in [0, 0.05) is 56.2 Å². The zero-order valence-corrected chi connectivity index (χ0v) is 16.4. The van der Waals surface area contributed by atoms with Crippen LogP contribution in [0.5, 0.6) is 0 Å². The fourth-order valence-electron chi connectivity index (χ4n) is 3.97. The van der Waals surface area contributed by atoms with Crippen molar-refractivity contribution in [3.63, 3.8) is 0 Å². The second-order valence-corrected chi connectivity index (χ2v) is 7.45. The standard InChI is InChI=1S/C22H24N4O3/c1-2-20(27)25-9-7-16-10-18(5-6-19(16)25)26-14-17(11-21(26)28)22(29)24-13-15-4-3-8-23-12-15/h3-6,8,10,12,17H,2,7,9,11,13-14H2,1H3,(H,24,29)/t17-/m1/s1. The van der Waals surface area contributed by atoms with Gasteiger partial charge in [-0.25, -0.2) is 0 Å². The Balaban J connectivity index is 1.42. The van der Waals surface area contributed by atoms with Crippen molar-refractivity contribution < 1.29 is 14.4 Å². The second-order valence-electron chi connectivity index (χ2n) is 7.45. The van der Waals surface area contributed by atoms with Crippen LogP contribution in [0.25, 0.3) is 0 Å². The van der Waals surface area contributed by atoms with Crippen molar-refractivity contribution in [2.24, 2.45) is 5.92 Å². The predicted octanol–water partition coefficient (Wildman–Crippen LogP) is 2.05. The summed E-state index contributed by atoms with van der Waals surface area (Å²) < 4.78 is 0. The van der Waals surface area contributed by atoms with E-state index in [0.29, 0.717) is 26.1 Å². The third kappa shape index (κ3) is 3.85. The first-order valence-corrected chi connectivity index (χ1v) is 9.97. The highest BCUT2D eigenvalue weighted by Gasteiger charge is 2.35. The van der Waals surface area contributed by atoms with Crippen LogP contribution in [0.4, 0.5) is 11.4 Å². The Kier molecular flexibility index (Phi) is 5.29. The molecular formula is C22H24N4O3. The molecule has 1 saturated heterocycles. The molecule has 0 aliphatic carbocycles. The molecule has 7 nitrogen and oxygen atoms in total. The fourth-order valence-corrected chi connectivity index (χ4v) is 3.97. The molecule has 1 aromatic carbocycles. The van der Waals surface area contributed by atoms with Gasteiger partial charge in [-0.05, 0) is 41.8 Å². The number of hydrogen-bond acceptors (Lipinski definition) is 4. The molecule has 1 fully saturated rings. The average molecular weight is 392 g/mol. The maximum atomic E-state index is 12.6. The molecule has 1 aromatic heterocycles. The van der Waals surface area contributed by atoms with Crippen molar-refractivity contribution in [3.8, 4) is 0 Å². The summed E-state index contributed by atoms with van der Waals surface area (Å²) in [5.74, 6) is -0.429. The summed E-state index contributed by atoms with van der Waals surface area (Å²) in [6.07, 6.45) is 4.86. The lowest BCUT2D eigenvalue weighted by molar-refractivity contribution is -0.126. The molecular weight excluding hydrogens is 368 g/mol. The molecule has 1 atom stereocenters. The topological polar surface area (TPSA) is 82.6 Å². The molecule has 0 saturated carbocycles. The number of pyridine rings is 1. The van der Waals surface area contributed by atoms with E-state index in [1.807, 2.05) is 37.3 Å². The lowest BCUT2D eigenvalue weighted by Gasteiger charge is -2.20. The van der Waals surface area contributed by atoms with Crippen LogP contribution in [0.2, 0.25) is 0 Å². The van der Waals surface area contributed by atoms with Gasteiger partial charge in [-0.15, -0.1) is 0 Å². The Labute approximate surface area is 169 Å². The first-order chi connectivity index (χ1) is 14.1. The Morgan fingerprint density at radius 3 is 2.90 bits per heavy atom. The second kappa shape index (κ2) is 8.03. The molecule has 150 valence electrons. The van der Waals surface area contributed by atoms with Crippen molar-refractivity contribution in [1.82, 2.24) is 10.3 Å². The molecule has 29 heavy (non-hydrogen) atoms. The van der Waals surface area contributed by atoms with Gasteiger partial charge in [0.15, 0.2) is 0 Å². The van der Waals surface area contributed by atoms with E-state index >= 15 is 0 Å². The number of amides is 3. The normalized spacial score (nSPS) is 18.1. The Bertz CT molecular complexity index is 944. The number of carbonyl (C=O) groups is 3. The quantitative estimate of drug-likeness (QED) is 0.844. The largest absolute Gasteiger partial charge is 0.352 e. The highest BCUT2D eigenvalue weighted by Crippen LogP contribution is 2.34. The zero-order chi connectivity index (χ0) is 20.4. The molecule has 0 unspecified atom stereocenters. The van der Waals surface area contributed by atoms with Crippen molar-refractivity contribution in [1.29, 1.82) is 0 Å². The van der Waals surface area contributed by atoms with Crippen LogP contribution >= 0.6 is 0 Å². The molecule has 0 radical (unpaired) electrons. The van der Waals surface area contributed by atoms with Crippen LogP contribution in [0.1, 0.15) is 30.9 Å². The number of carbonyl (C=O) groups excluding carboxylic acids is 3. The predicted molar refractivity (Wildman–Crippen MR) is 109 cm³/mol. The SMILES string of the molecule is CCC(=O)N1CCc2cc(N3C[C@H](C(=O)NCc4cccnc4)CC3=O)ccc21. The Hall–Kier alpha value is -3.22. The van der Waals surface area contributed by atoms with Gasteiger partial charge in [0.2, 0.25) is 17.7 Å². The smallest absolute Gasteiger partial charge is 0.227 e. The van der Waals surface area contributed by atoms with E-state index < -0.39 is 0 Å². The summed E-state index contributed by atoms with van der Waals surface area (Å²) in [6, 6.07) is 9.48. The van der Waals surface area contributed by atoms with Crippen LogP contribution in [-0.2, 0) is 27.3 Å². The van der Waals surface area contributed by atoms with Crippen molar-refractivity contribution in [2.45, 2.75) is 32.7 Å². The minimum atomic E-state index is -0.370. The number of aromatic nitrogens is 1. The van der Waals surface area contributed by atoms with Gasteiger partial charge in [-0.3, -0.25) is 19.4 Å². The van der Waals surface area contributed by atoms with Crippen LogP contribution < -0.4 is 15.1 Å². The van der Waals surface area contributed by atoms with Crippen LogP contribution in [-0.4, -0.2) is 35.8 Å². The van der Waals surface area contributed by atoms with Crippen LogP contribution in [0.3, 0.4) is 0 Å². The molecule has 2 aliphatic rings. The van der Waals surface area contributed by atoms with E-state index in [2.05, 4.69) is 10.3 Å². The van der Waals surface area contributed by atoms with Crippen LogP contribution in [0.15, 0.2) is 42.7 Å². The maximum Gasteiger partial charge on any atom is 0.227 e. The van der Waals surface area contributed by atoms with Gasteiger partial charge >= 0.3 is 0 Å². The van der Waals surface area contributed by atoms with Gasteiger partial charge in [0.1, 0.15) is 0 Å². The van der Waals surface area contributed by atoms with E-state index in [0.717, 1.165) is 28.9 Å². The number of rotatable bonds is 5. The number of nitrogens with one attached hydrogen (secondary N) is 1. The van der Waals surface area contributed by atoms with Crippen molar-refractivity contribution >= 4 is 29.1 Å². The van der Waals surface area contributed by atoms with E-state index in [1.54, 1.807) is 22.2 Å². The molecule has 0 bridgehead atoms. The highest BCUT2D eigenvalue weighted by atomic mass is 16.2. The average Bonchev–Trinajstić information content (AvgIpc) is 3.35. The van der Waals surface area contributed by atoms with Gasteiger partial charge < -0.3 is 15.1 Å². The summed E-state index contributed by atoms with van der Waals surface area (Å²) >= 11 is 0. The summed E-state index contributed by atoms with van der Waals surface area (Å²) in [5, 5.41) is 2.90. The molecule has 3 heterocycles. The molecule has 0 spiro atoms. The minimum Gasteiger partial charge on any atom is -0.352 e. The van der Waals surface area contributed by atoms with Gasteiger partial charge in [-0.1, -0.05) is 13.0 Å². The van der Waals surface area contributed by atoms with E-state index in [-0.39, 0.29) is 30.1 Å². The third-order valence-electron chi connectivity index (χ3n) is 5.56. The van der Waals surface area contributed by atoms with Crippen LogP contribution in [0, 0.1) is 5.92 Å². The lowest BCUT2D eigenvalue weighted by Crippen LogP contribution is -2.32. The molecule has 7 heteroatoms. The highest BCUT2D eigenvalue weighted by molar-refractivity contribution is 6.01. The number of fused-ring (bicyclic) bond motifs is 1. The zero-order valence-electron chi connectivity index (χ0n) is 16.4. The molecule has 2 aliphatic heterocycles. The van der Waals surface area contributed by atoms with E-state index in [9.17, 15) is 14.4 Å². The molecule has 2 aromatic rings. The number of benzene rings is 1. The van der Waals surface area contributed by atoms with Crippen molar-refractivity contribution in [2.75, 3.05) is 22.9 Å². The Morgan fingerprint density at radius 2 is 2.14 bits per heavy atom.